The first-order chi connectivity index (χ1) is 9.28. The van der Waals surface area contributed by atoms with Crippen molar-refractivity contribution in [3.05, 3.63) is 30.1 Å². The minimum atomic E-state index is -0.718. The lowest BCUT2D eigenvalue weighted by Crippen LogP contribution is -2.42. The maximum absolute atomic E-state index is 12.1. The molecular formula is C15H21N3O2. The summed E-state index contributed by atoms with van der Waals surface area (Å²) in [6.45, 7) is 7.61. The lowest BCUT2D eigenvalue weighted by atomic mass is 10.1. The number of benzene rings is 1. The molecule has 0 aliphatic carbocycles. The number of para-hydroxylation sites is 2. The van der Waals surface area contributed by atoms with Crippen molar-refractivity contribution in [3.63, 3.8) is 0 Å². The SMILES string of the molecule is CC(O)c1nc2ccccc2n1CC(=O)NC(C)(C)C. The molecule has 1 unspecified atom stereocenters. The number of fused-ring (bicyclic) bond motifs is 1. The number of aromatic nitrogens is 2. The van der Waals surface area contributed by atoms with E-state index in [1.54, 1.807) is 11.5 Å². The minimum Gasteiger partial charge on any atom is -0.385 e. The summed E-state index contributed by atoms with van der Waals surface area (Å²) in [7, 11) is 0. The summed E-state index contributed by atoms with van der Waals surface area (Å²) in [5.74, 6) is 0.415. The van der Waals surface area contributed by atoms with E-state index in [0.29, 0.717) is 5.82 Å². The summed E-state index contributed by atoms with van der Waals surface area (Å²) in [6, 6.07) is 7.56. The zero-order chi connectivity index (χ0) is 14.9. The number of amides is 1. The van der Waals surface area contributed by atoms with Crippen LogP contribution in [-0.2, 0) is 11.3 Å². The van der Waals surface area contributed by atoms with Gasteiger partial charge in [0, 0.05) is 5.54 Å². The van der Waals surface area contributed by atoms with Crippen molar-refractivity contribution in [2.45, 2.75) is 45.9 Å². The predicted octanol–water partition coefficient (Wildman–Crippen LogP) is 2.00. The fourth-order valence-electron chi connectivity index (χ4n) is 2.18. The van der Waals surface area contributed by atoms with E-state index in [1.165, 1.54) is 0 Å². The van der Waals surface area contributed by atoms with Crippen LogP contribution in [-0.4, -0.2) is 26.1 Å². The third-order valence-electron chi connectivity index (χ3n) is 2.87. The van der Waals surface area contributed by atoms with Gasteiger partial charge in [-0.05, 0) is 39.8 Å². The molecule has 0 radical (unpaired) electrons. The van der Waals surface area contributed by atoms with Gasteiger partial charge in [-0.1, -0.05) is 12.1 Å². The van der Waals surface area contributed by atoms with Gasteiger partial charge in [-0.25, -0.2) is 4.98 Å². The van der Waals surface area contributed by atoms with Gasteiger partial charge >= 0.3 is 0 Å². The van der Waals surface area contributed by atoms with Crippen LogP contribution in [0.1, 0.15) is 39.6 Å². The number of rotatable bonds is 3. The molecule has 1 aromatic carbocycles. The largest absolute Gasteiger partial charge is 0.385 e. The summed E-state index contributed by atoms with van der Waals surface area (Å²) >= 11 is 0. The molecule has 0 bridgehead atoms. The van der Waals surface area contributed by atoms with E-state index in [-0.39, 0.29) is 18.0 Å². The van der Waals surface area contributed by atoms with Crippen molar-refractivity contribution in [1.29, 1.82) is 0 Å². The van der Waals surface area contributed by atoms with Crippen LogP contribution in [0.3, 0.4) is 0 Å². The van der Waals surface area contributed by atoms with Crippen LogP contribution in [0.25, 0.3) is 11.0 Å². The highest BCUT2D eigenvalue weighted by molar-refractivity contribution is 5.81. The standard InChI is InChI=1S/C15H21N3O2/c1-10(19)14-16-11-7-5-6-8-12(11)18(14)9-13(20)17-15(2,3)4/h5-8,10,19H,9H2,1-4H3,(H,17,20). The van der Waals surface area contributed by atoms with Crippen LogP contribution in [0, 0.1) is 0 Å². The molecule has 2 N–H and O–H groups in total. The van der Waals surface area contributed by atoms with Crippen LogP contribution in [0.5, 0.6) is 0 Å². The highest BCUT2D eigenvalue weighted by Gasteiger charge is 2.19. The Labute approximate surface area is 118 Å². The van der Waals surface area contributed by atoms with Crippen molar-refractivity contribution in [2.75, 3.05) is 0 Å². The molecule has 2 rings (SSSR count). The van der Waals surface area contributed by atoms with Gasteiger partial charge in [0.2, 0.25) is 5.91 Å². The molecule has 0 saturated heterocycles. The Balaban J connectivity index is 2.37. The van der Waals surface area contributed by atoms with Crippen LogP contribution in [0.4, 0.5) is 0 Å². The van der Waals surface area contributed by atoms with Gasteiger partial charge in [-0.15, -0.1) is 0 Å². The van der Waals surface area contributed by atoms with Crippen molar-refractivity contribution < 1.29 is 9.90 Å². The molecule has 0 fully saturated rings. The Morgan fingerprint density at radius 3 is 2.65 bits per heavy atom. The molecule has 1 amide bonds. The van der Waals surface area contributed by atoms with Crippen molar-refractivity contribution >= 4 is 16.9 Å². The molecule has 0 saturated carbocycles. The smallest absolute Gasteiger partial charge is 0.240 e. The van der Waals surface area contributed by atoms with E-state index >= 15 is 0 Å². The van der Waals surface area contributed by atoms with Crippen molar-refractivity contribution in [2.24, 2.45) is 0 Å². The zero-order valence-electron chi connectivity index (χ0n) is 12.3. The number of carbonyl (C=O) groups excluding carboxylic acids is 1. The van der Waals surface area contributed by atoms with E-state index in [0.717, 1.165) is 11.0 Å². The summed E-state index contributed by atoms with van der Waals surface area (Å²) < 4.78 is 1.76. The fraction of sp³-hybridized carbons (Fsp3) is 0.467. The monoisotopic (exact) mass is 275 g/mol. The number of aliphatic hydroxyl groups excluding tert-OH is 1. The van der Waals surface area contributed by atoms with Crippen LogP contribution in [0.15, 0.2) is 24.3 Å². The summed E-state index contributed by atoms with van der Waals surface area (Å²) in [5, 5.41) is 12.8. The van der Waals surface area contributed by atoms with Crippen LogP contribution < -0.4 is 5.32 Å². The second kappa shape index (κ2) is 5.25. The second-order valence-electron chi connectivity index (χ2n) is 6.02. The van der Waals surface area contributed by atoms with Crippen LogP contribution in [0.2, 0.25) is 0 Å². The Morgan fingerprint density at radius 2 is 2.05 bits per heavy atom. The molecular weight excluding hydrogens is 254 g/mol. The molecule has 0 spiro atoms. The van der Waals surface area contributed by atoms with Gasteiger partial charge in [0.05, 0.1) is 11.0 Å². The topological polar surface area (TPSA) is 67.2 Å². The molecule has 1 atom stereocenters. The number of carbonyl (C=O) groups is 1. The highest BCUT2D eigenvalue weighted by atomic mass is 16.3. The molecule has 20 heavy (non-hydrogen) atoms. The first-order valence-corrected chi connectivity index (χ1v) is 6.72. The Kier molecular flexibility index (Phi) is 3.81. The van der Waals surface area contributed by atoms with Gasteiger partial charge in [0.25, 0.3) is 0 Å². The number of nitrogens with one attached hydrogen (secondary N) is 1. The molecule has 0 aliphatic rings. The first-order valence-electron chi connectivity index (χ1n) is 6.72. The maximum Gasteiger partial charge on any atom is 0.240 e. The summed E-state index contributed by atoms with van der Waals surface area (Å²) in [6.07, 6.45) is -0.718. The average molecular weight is 275 g/mol. The third-order valence-corrected chi connectivity index (χ3v) is 2.87. The second-order valence-corrected chi connectivity index (χ2v) is 6.02. The lowest BCUT2D eigenvalue weighted by molar-refractivity contribution is -0.123. The van der Waals surface area contributed by atoms with E-state index in [1.807, 2.05) is 45.0 Å². The van der Waals surface area contributed by atoms with E-state index in [9.17, 15) is 9.90 Å². The van der Waals surface area contributed by atoms with Gasteiger partial charge < -0.3 is 15.0 Å². The maximum atomic E-state index is 12.1. The molecule has 1 aromatic heterocycles. The third kappa shape index (κ3) is 3.17. The van der Waals surface area contributed by atoms with Crippen LogP contribution >= 0.6 is 0 Å². The van der Waals surface area contributed by atoms with Crippen molar-refractivity contribution in [1.82, 2.24) is 14.9 Å². The average Bonchev–Trinajstić information content (AvgIpc) is 2.66. The number of imidazole rings is 1. The fourth-order valence-corrected chi connectivity index (χ4v) is 2.18. The molecule has 108 valence electrons. The number of aliphatic hydroxyl groups is 1. The first kappa shape index (κ1) is 14.5. The number of hydrogen-bond donors (Lipinski definition) is 2. The summed E-state index contributed by atoms with van der Waals surface area (Å²) in [5.41, 5.74) is 1.36. The molecule has 5 nitrogen and oxygen atoms in total. The van der Waals surface area contributed by atoms with E-state index < -0.39 is 6.10 Å². The lowest BCUT2D eigenvalue weighted by Gasteiger charge is -2.21. The predicted molar refractivity (Wildman–Crippen MR) is 78.3 cm³/mol. The Hall–Kier alpha value is -1.88. The normalized spacial score (nSPS) is 13.4. The van der Waals surface area contributed by atoms with E-state index in [2.05, 4.69) is 10.3 Å². The Bertz CT molecular complexity index is 624. The Morgan fingerprint density at radius 1 is 1.40 bits per heavy atom. The van der Waals surface area contributed by atoms with Crippen molar-refractivity contribution in [3.8, 4) is 0 Å². The minimum absolute atomic E-state index is 0.0949. The van der Waals surface area contributed by atoms with E-state index in [4.69, 9.17) is 0 Å². The van der Waals surface area contributed by atoms with Gasteiger partial charge in [-0.2, -0.15) is 0 Å². The highest BCUT2D eigenvalue weighted by Crippen LogP contribution is 2.20. The van der Waals surface area contributed by atoms with Gasteiger partial charge in [0.15, 0.2) is 0 Å². The molecule has 1 heterocycles. The quantitative estimate of drug-likeness (QED) is 0.900. The molecule has 0 aliphatic heterocycles. The summed E-state index contributed by atoms with van der Waals surface area (Å²) in [4.78, 5) is 16.5. The van der Waals surface area contributed by atoms with Gasteiger partial charge in [-0.3, -0.25) is 4.79 Å². The zero-order valence-corrected chi connectivity index (χ0v) is 12.3. The molecule has 5 heteroatoms. The molecule has 2 aromatic rings. The van der Waals surface area contributed by atoms with Gasteiger partial charge in [0.1, 0.15) is 18.5 Å². The number of hydrogen-bond acceptors (Lipinski definition) is 3. The number of nitrogens with zero attached hydrogens (tertiary/aromatic N) is 2.